The van der Waals surface area contributed by atoms with Crippen molar-refractivity contribution in [2.45, 2.75) is 82.2 Å². The van der Waals surface area contributed by atoms with Gasteiger partial charge in [-0.2, -0.15) is 0 Å². The molecule has 3 atom stereocenters. The van der Waals surface area contributed by atoms with E-state index in [9.17, 15) is 29.1 Å². The SMILES string of the molecule is O=C1CCC(N2C(=O)c3cc4c(cc3C2=O)CN(C(=O)CN2CCC3(CC2)CCN(c2ccc([C@@H]5c6ccc(O)cc6CC[C@@H]5c5ccccc5)cc2)CC3)CC4)C(=O)N1. The summed E-state index contributed by atoms with van der Waals surface area (Å²) in [6, 6.07) is 28.5. The minimum Gasteiger partial charge on any atom is -0.508 e. The van der Waals surface area contributed by atoms with E-state index in [-0.39, 0.29) is 35.8 Å². The van der Waals surface area contributed by atoms with Gasteiger partial charge < -0.3 is 14.9 Å². The second-order valence-corrected chi connectivity index (χ2v) is 18.0. The van der Waals surface area contributed by atoms with Gasteiger partial charge in [0.15, 0.2) is 0 Å². The maximum absolute atomic E-state index is 13.7. The van der Waals surface area contributed by atoms with Gasteiger partial charge in [-0.1, -0.05) is 48.5 Å². The molecule has 5 heterocycles. The Kier molecular flexibility index (Phi) is 9.82. The molecule has 4 aromatic rings. The molecule has 10 rings (SSSR count). The van der Waals surface area contributed by atoms with Crippen LogP contribution in [0.4, 0.5) is 5.69 Å². The molecular formula is C49H51N5O6. The molecule has 4 aromatic carbocycles. The number of phenols is 1. The second kappa shape index (κ2) is 15.3. The molecule has 0 saturated carbocycles. The molecule has 1 spiro atoms. The van der Waals surface area contributed by atoms with Gasteiger partial charge in [0.05, 0.1) is 17.7 Å². The third-order valence-corrected chi connectivity index (χ3v) is 14.7. The maximum Gasteiger partial charge on any atom is 0.262 e. The van der Waals surface area contributed by atoms with Gasteiger partial charge in [0.1, 0.15) is 11.8 Å². The van der Waals surface area contributed by atoms with Crippen LogP contribution < -0.4 is 10.2 Å². The number of likely N-dealkylation sites (tertiary alicyclic amines) is 1. The van der Waals surface area contributed by atoms with Crippen molar-refractivity contribution in [3.05, 3.63) is 129 Å². The molecule has 5 aliphatic heterocycles. The fourth-order valence-corrected chi connectivity index (χ4v) is 11.1. The number of nitrogens with one attached hydrogen (secondary N) is 1. The van der Waals surface area contributed by atoms with Crippen molar-refractivity contribution in [1.29, 1.82) is 0 Å². The first kappa shape index (κ1) is 38.4. The van der Waals surface area contributed by atoms with Crippen molar-refractivity contribution in [3.63, 3.8) is 0 Å². The van der Waals surface area contributed by atoms with Crippen molar-refractivity contribution >= 4 is 35.2 Å². The Labute approximate surface area is 350 Å². The highest BCUT2D eigenvalue weighted by molar-refractivity contribution is 6.23. The molecule has 3 saturated heterocycles. The predicted molar refractivity (Wildman–Crippen MR) is 226 cm³/mol. The highest BCUT2D eigenvalue weighted by atomic mass is 16.3. The molecule has 0 aromatic heterocycles. The topological polar surface area (TPSA) is 131 Å². The molecule has 2 N–H and O–H groups in total. The van der Waals surface area contributed by atoms with E-state index in [2.05, 4.69) is 75.8 Å². The first-order valence-electron chi connectivity index (χ1n) is 21.7. The average Bonchev–Trinajstić information content (AvgIpc) is 3.50. The van der Waals surface area contributed by atoms with E-state index in [0.717, 1.165) is 80.7 Å². The van der Waals surface area contributed by atoms with E-state index >= 15 is 0 Å². The Morgan fingerprint density at radius 1 is 0.700 bits per heavy atom. The number of fused-ring (bicyclic) bond motifs is 3. The first-order valence-corrected chi connectivity index (χ1v) is 21.7. The van der Waals surface area contributed by atoms with Crippen LogP contribution >= 0.6 is 0 Å². The monoisotopic (exact) mass is 805 g/mol. The standard InChI is InChI=1S/C49H51N5O6/c55-37-11-13-39-34(26-37)8-12-38(31-4-2-1-3-5-31)45(39)32-6-9-36(10-7-32)52-24-19-49(20-25-52)17-22-51(23-18-49)30-44(57)53-21-16-33-27-40-41(28-35(33)29-53)48(60)54(47(40)59)42-14-15-43(56)50-46(42)58/h1-7,9-11,13,26-28,38,42,45,55H,8,12,14-25,29-30H2,(H,50,56,58)/t38-,42?,45+/m1/s1. The van der Waals surface area contributed by atoms with Gasteiger partial charge >= 0.3 is 0 Å². The van der Waals surface area contributed by atoms with Crippen molar-refractivity contribution < 1.29 is 29.1 Å². The Morgan fingerprint density at radius 2 is 1.40 bits per heavy atom. The zero-order valence-electron chi connectivity index (χ0n) is 33.9. The maximum atomic E-state index is 13.7. The summed E-state index contributed by atoms with van der Waals surface area (Å²) < 4.78 is 0. The molecule has 60 heavy (non-hydrogen) atoms. The van der Waals surface area contributed by atoms with Crippen LogP contribution in [-0.2, 0) is 33.8 Å². The van der Waals surface area contributed by atoms with E-state index in [4.69, 9.17) is 0 Å². The Balaban J connectivity index is 0.735. The zero-order chi connectivity index (χ0) is 41.1. The lowest BCUT2D eigenvalue weighted by molar-refractivity contribution is -0.136. The largest absolute Gasteiger partial charge is 0.508 e. The smallest absolute Gasteiger partial charge is 0.262 e. The van der Waals surface area contributed by atoms with Crippen LogP contribution in [0.1, 0.15) is 111 Å². The van der Waals surface area contributed by atoms with Crippen LogP contribution in [0.3, 0.4) is 0 Å². The van der Waals surface area contributed by atoms with Gasteiger partial charge in [0, 0.05) is 44.2 Å². The Morgan fingerprint density at radius 3 is 2.12 bits per heavy atom. The minimum absolute atomic E-state index is 0.0751. The van der Waals surface area contributed by atoms with Crippen molar-refractivity contribution in [1.82, 2.24) is 20.0 Å². The van der Waals surface area contributed by atoms with E-state index in [0.29, 0.717) is 43.1 Å². The van der Waals surface area contributed by atoms with Crippen LogP contribution in [0.15, 0.2) is 84.9 Å². The lowest BCUT2D eigenvalue weighted by Crippen LogP contribution is -2.54. The molecule has 6 aliphatic rings. The molecule has 5 amide bonds. The van der Waals surface area contributed by atoms with E-state index in [1.54, 1.807) is 12.1 Å². The molecule has 11 nitrogen and oxygen atoms in total. The third-order valence-electron chi connectivity index (χ3n) is 14.7. The summed E-state index contributed by atoms with van der Waals surface area (Å²) in [4.78, 5) is 72.3. The number of carbonyl (C=O) groups excluding carboxylic acids is 5. The fraction of sp³-hybridized carbons (Fsp3) is 0.408. The molecule has 1 aliphatic carbocycles. The molecule has 308 valence electrons. The molecule has 0 radical (unpaired) electrons. The number of nitrogens with zero attached hydrogens (tertiary/aromatic N) is 4. The Bertz CT molecular complexity index is 2380. The highest BCUT2D eigenvalue weighted by Gasteiger charge is 2.45. The number of anilines is 1. The van der Waals surface area contributed by atoms with Gasteiger partial charge in [-0.25, -0.2) is 0 Å². The summed E-state index contributed by atoms with van der Waals surface area (Å²) in [6.07, 6.45) is 7.23. The summed E-state index contributed by atoms with van der Waals surface area (Å²) in [7, 11) is 0. The zero-order valence-corrected chi connectivity index (χ0v) is 33.9. The summed E-state index contributed by atoms with van der Waals surface area (Å²) in [5.41, 5.74) is 9.15. The molecule has 1 unspecified atom stereocenters. The van der Waals surface area contributed by atoms with Crippen LogP contribution in [0.25, 0.3) is 0 Å². The van der Waals surface area contributed by atoms with E-state index in [1.165, 1.54) is 27.9 Å². The van der Waals surface area contributed by atoms with Crippen LogP contribution in [0.2, 0.25) is 0 Å². The molecular weight excluding hydrogens is 755 g/mol. The number of benzene rings is 4. The molecule has 3 fully saturated rings. The lowest BCUT2D eigenvalue weighted by Gasteiger charge is -2.47. The summed E-state index contributed by atoms with van der Waals surface area (Å²) >= 11 is 0. The minimum atomic E-state index is -1.00. The third kappa shape index (κ3) is 6.96. The number of aromatic hydroxyl groups is 1. The van der Waals surface area contributed by atoms with Crippen molar-refractivity contribution in [3.8, 4) is 5.75 Å². The van der Waals surface area contributed by atoms with Gasteiger partial charge in [-0.15, -0.1) is 0 Å². The number of phenolic OH excluding ortho intramolecular Hbond substituents is 1. The number of hydrogen-bond acceptors (Lipinski definition) is 8. The summed E-state index contributed by atoms with van der Waals surface area (Å²) in [5.74, 6) is -1.03. The number of piperidine rings is 3. The van der Waals surface area contributed by atoms with Crippen LogP contribution in [-0.4, -0.2) is 94.7 Å². The summed E-state index contributed by atoms with van der Waals surface area (Å²) in [6.45, 7) is 5.13. The molecule has 11 heteroatoms. The van der Waals surface area contributed by atoms with Crippen LogP contribution in [0, 0.1) is 5.41 Å². The lowest BCUT2D eigenvalue weighted by atomic mass is 9.69. The van der Waals surface area contributed by atoms with Gasteiger partial charge in [-0.3, -0.25) is 39.1 Å². The number of aryl methyl sites for hydroxylation is 1. The average molecular weight is 806 g/mol. The van der Waals surface area contributed by atoms with Gasteiger partial charge in [-0.05, 0) is 146 Å². The quantitative estimate of drug-likeness (QED) is 0.230. The van der Waals surface area contributed by atoms with E-state index < -0.39 is 29.7 Å². The number of hydrogen-bond donors (Lipinski definition) is 2. The van der Waals surface area contributed by atoms with Crippen molar-refractivity contribution in [2.75, 3.05) is 44.2 Å². The number of imide groups is 2. The first-order chi connectivity index (χ1) is 29.1. The van der Waals surface area contributed by atoms with Gasteiger partial charge in [0.2, 0.25) is 17.7 Å². The number of amides is 5. The summed E-state index contributed by atoms with van der Waals surface area (Å²) in [5, 5.41) is 12.5. The van der Waals surface area contributed by atoms with Crippen LogP contribution in [0.5, 0.6) is 5.75 Å². The molecule has 0 bridgehead atoms. The number of rotatable bonds is 6. The van der Waals surface area contributed by atoms with Gasteiger partial charge in [0.25, 0.3) is 11.8 Å². The highest BCUT2D eigenvalue weighted by Crippen LogP contribution is 2.48. The second-order valence-electron chi connectivity index (χ2n) is 18.0. The number of carbonyl (C=O) groups is 5. The van der Waals surface area contributed by atoms with E-state index in [1.807, 2.05) is 17.0 Å². The predicted octanol–water partition coefficient (Wildman–Crippen LogP) is 5.92. The fourth-order valence-electron chi connectivity index (χ4n) is 11.1. The Hall–Kier alpha value is -5.81. The normalized spacial score (nSPS) is 23.9. The van der Waals surface area contributed by atoms with Crippen molar-refractivity contribution in [2.24, 2.45) is 5.41 Å².